The van der Waals surface area contributed by atoms with Crippen LogP contribution in [-0.2, 0) is 0 Å². The quantitative estimate of drug-likeness (QED) is 0.269. The van der Waals surface area contributed by atoms with Gasteiger partial charge in [0.2, 0.25) is 0 Å². The van der Waals surface area contributed by atoms with E-state index in [0.29, 0.717) is 29.3 Å². The molecule has 3 saturated heterocycles. The zero-order chi connectivity index (χ0) is 29.9. The van der Waals surface area contributed by atoms with Crippen LogP contribution in [0.25, 0.3) is 32.8 Å². The maximum absolute atomic E-state index is 16.7. The van der Waals surface area contributed by atoms with Crippen molar-refractivity contribution in [3.63, 3.8) is 0 Å². The van der Waals surface area contributed by atoms with Crippen molar-refractivity contribution in [3.05, 3.63) is 53.3 Å². The first-order valence-corrected chi connectivity index (χ1v) is 14.8. The highest BCUT2D eigenvalue weighted by molar-refractivity contribution is 6.35. The molecule has 7 nitrogen and oxygen atoms in total. The summed E-state index contributed by atoms with van der Waals surface area (Å²) in [5.74, 6) is -3.86. The van der Waals surface area contributed by atoms with Gasteiger partial charge >= 0.3 is 6.01 Å². The Morgan fingerprint density at radius 2 is 1.95 bits per heavy atom. The molecule has 3 fully saturated rings. The number of rotatable bonds is 5. The van der Waals surface area contributed by atoms with Crippen LogP contribution < -0.4 is 15.0 Å². The van der Waals surface area contributed by atoms with E-state index in [0.717, 1.165) is 19.4 Å². The summed E-state index contributed by atoms with van der Waals surface area (Å²) in [6.45, 7) is 0.482. The van der Waals surface area contributed by atoms with Crippen molar-refractivity contribution in [3.8, 4) is 22.9 Å². The monoisotopic (exact) mass is 615 g/mol. The molecule has 0 unspecified atom stereocenters. The molecule has 4 heterocycles. The summed E-state index contributed by atoms with van der Waals surface area (Å²) in [5, 5.41) is 14.7. The van der Waals surface area contributed by atoms with E-state index in [1.807, 2.05) is 0 Å². The van der Waals surface area contributed by atoms with E-state index in [1.165, 1.54) is 17.0 Å². The van der Waals surface area contributed by atoms with Crippen molar-refractivity contribution in [1.29, 1.82) is 0 Å². The first kappa shape index (κ1) is 28.4. The lowest BCUT2D eigenvalue weighted by molar-refractivity contribution is 0.0156. The molecule has 2 N–H and O–H groups in total. The lowest BCUT2D eigenvalue weighted by Gasteiger charge is -2.31. The predicted octanol–water partition coefficient (Wildman–Crippen LogP) is 5.95. The summed E-state index contributed by atoms with van der Waals surface area (Å²) >= 11 is 6.73. The molecular weight excluding hydrogens is 586 g/mol. The molecule has 4 aromatic rings. The van der Waals surface area contributed by atoms with E-state index in [2.05, 4.69) is 20.2 Å². The van der Waals surface area contributed by atoms with Gasteiger partial charge in [0.15, 0.2) is 5.82 Å². The number of alkyl halides is 3. The lowest BCUT2D eigenvalue weighted by atomic mass is 9.95. The molecule has 12 heteroatoms. The fraction of sp³-hybridized carbons (Fsp3) is 0.419. The van der Waals surface area contributed by atoms with Crippen molar-refractivity contribution < 1.29 is 27.4 Å². The van der Waals surface area contributed by atoms with Crippen molar-refractivity contribution in [2.45, 2.75) is 36.9 Å². The number of nitrogens with zero attached hydrogens (tertiary/aromatic N) is 4. The summed E-state index contributed by atoms with van der Waals surface area (Å²) in [5.41, 5.74) is -0.297. The van der Waals surface area contributed by atoms with Gasteiger partial charge in [-0.2, -0.15) is 9.97 Å². The Morgan fingerprint density at radius 3 is 2.81 bits per heavy atom. The third kappa shape index (κ3) is 5.11. The van der Waals surface area contributed by atoms with Crippen LogP contribution in [0.5, 0.6) is 11.8 Å². The summed E-state index contributed by atoms with van der Waals surface area (Å²) in [7, 11) is 0. The standard InChI is InChI=1S/C31H30ClF4N5O2/c32-24-12-23-27(26(34)25(24)22-11-20(42)10-18-4-1-2-5-21(18)22)38-29(39-28(23)40-9-7-37-15-31(35,36)16-40)43-17-30-6-3-8-41(30)14-19(33)13-30/h1-2,4-5,10-12,19,37,42H,3,6-9,13-17H2/t19-,30+/m1/s1. The summed E-state index contributed by atoms with van der Waals surface area (Å²) in [6, 6.07) is 11.5. The number of halogens is 5. The number of nitrogens with one attached hydrogen (secondary N) is 1. The average molecular weight is 616 g/mol. The predicted molar refractivity (Wildman–Crippen MR) is 158 cm³/mol. The Balaban J connectivity index is 1.39. The number of benzene rings is 3. The summed E-state index contributed by atoms with van der Waals surface area (Å²) < 4.78 is 66.6. The fourth-order valence-corrected chi connectivity index (χ4v) is 7.24. The number of ether oxygens (including phenoxy) is 1. The molecule has 3 aliphatic heterocycles. The summed E-state index contributed by atoms with van der Waals surface area (Å²) in [4.78, 5) is 12.4. The first-order chi connectivity index (χ1) is 20.6. The van der Waals surface area contributed by atoms with Gasteiger partial charge in [0.1, 0.15) is 29.9 Å². The molecular formula is C31H30ClF4N5O2. The maximum atomic E-state index is 16.7. The number of anilines is 1. The third-order valence-electron chi connectivity index (χ3n) is 8.85. The number of fused-ring (bicyclic) bond motifs is 3. The minimum absolute atomic E-state index is 0.0105. The van der Waals surface area contributed by atoms with E-state index in [4.69, 9.17) is 16.3 Å². The van der Waals surface area contributed by atoms with Gasteiger partial charge in [-0.15, -0.1) is 0 Å². The molecule has 7 rings (SSSR count). The molecule has 0 bridgehead atoms. The first-order valence-electron chi connectivity index (χ1n) is 14.4. The Bertz CT molecular complexity index is 1730. The van der Waals surface area contributed by atoms with Crippen LogP contribution in [0.15, 0.2) is 42.5 Å². The van der Waals surface area contributed by atoms with Crippen LogP contribution in [0, 0.1) is 5.82 Å². The number of hydrogen-bond donors (Lipinski definition) is 2. The van der Waals surface area contributed by atoms with E-state index in [-0.39, 0.29) is 58.8 Å². The molecule has 2 atom stereocenters. The van der Waals surface area contributed by atoms with Crippen molar-refractivity contribution in [2.75, 3.05) is 50.8 Å². The highest BCUT2D eigenvalue weighted by Crippen LogP contribution is 2.44. The van der Waals surface area contributed by atoms with Gasteiger partial charge in [-0.05, 0) is 53.9 Å². The van der Waals surface area contributed by atoms with Crippen molar-refractivity contribution >= 4 is 39.1 Å². The Hall–Kier alpha value is -3.41. The Kier molecular flexibility index (Phi) is 7.02. The van der Waals surface area contributed by atoms with Gasteiger partial charge in [-0.1, -0.05) is 35.9 Å². The van der Waals surface area contributed by atoms with E-state index < -0.39 is 36.5 Å². The topological polar surface area (TPSA) is 73.8 Å². The van der Waals surface area contributed by atoms with Crippen LogP contribution in [0.4, 0.5) is 23.4 Å². The molecule has 226 valence electrons. The average Bonchev–Trinajstić information content (AvgIpc) is 3.42. The third-order valence-corrected chi connectivity index (χ3v) is 9.15. The highest BCUT2D eigenvalue weighted by atomic mass is 35.5. The van der Waals surface area contributed by atoms with Crippen LogP contribution in [0.3, 0.4) is 0 Å². The van der Waals surface area contributed by atoms with E-state index in [1.54, 1.807) is 30.3 Å². The molecule has 0 saturated carbocycles. The molecule has 0 aliphatic carbocycles. The SMILES string of the molecule is Oc1cc(-c2c(Cl)cc3c(N4CCNCC(F)(F)C4)nc(OC[C@@]45CCCN4C[C@H](F)C5)nc3c2F)c2ccccc2c1. The molecule has 0 radical (unpaired) electrons. The smallest absolute Gasteiger partial charge is 0.319 e. The Morgan fingerprint density at radius 1 is 1.12 bits per heavy atom. The number of aromatic hydroxyl groups is 1. The minimum atomic E-state index is -3.07. The van der Waals surface area contributed by atoms with Gasteiger partial charge < -0.3 is 20.1 Å². The van der Waals surface area contributed by atoms with Gasteiger partial charge in [0.05, 0.1) is 23.7 Å². The van der Waals surface area contributed by atoms with Crippen LogP contribution in [-0.4, -0.2) is 83.5 Å². The second-order valence-corrected chi connectivity index (χ2v) is 12.2. The minimum Gasteiger partial charge on any atom is -0.508 e. The largest absolute Gasteiger partial charge is 0.508 e. The number of aromatic nitrogens is 2. The Labute approximate surface area is 250 Å². The van der Waals surface area contributed by atoms with Crippen LogP contribution in [0.1, 0.15) is 19.3 Å². The highest BCUT2D eigenvalue weighted by Gasteiger charge is 2.49. The van der Waals surface area contributed by atoms with Gasteiger partial charge in [0, 0.05) is 37.0 Å². The maximum Gasteiger partial charge on any atom is 0.319 e. The van der Waals surface area contributed by atoms with Crippen LogP contribution >= 0.6 is 11.6 Å². The second-order valence-electron chi connectivity index (χ2n) is 11.8. The molecule has 1 aromatic heterocycles. The van der Waals surface area contributed by atoms with Crippen molar-refractivity contribution in [1.82, 2.24) is 20.2 Å². The molecule has 43 heavy (non-hydrogen) atoms. The molecule has 0 amide bonds. The zero-order valence-electron chi connectivity index (χ0n) is 23.2. The molecule has 3 aromatic carbocycles. The molecule has 0 spiro atoms. The van der Waals surface area contributed by atoms with Gasteiger partial charge in [0.25, 0.3) is 5.92 Å². The zero-order valence-corrected chi connectivity index (χ0v) is 24.0. The second kappa shape index (κ2) is 10.6. The van der Waals surface area contributed by atoms with E-state index >= 15 is 4.39 Å². The number of phenols is 1. The fourth-order valence-electron chi connectivity index (χ4n) is 6.94. The summed E-state index contributed by atoms with van der Waals surface area (Å²) in [6.07, 6.45) is 1.000. The number of hydrogen-bond acceptors (Lipinski definition) is 7. The van der Waals surface area contributed by atoms with E-state index in [9.17, 15) is 18.3 Å². The van der Waals surface area contributed by atoms with Gasteiger partial charge in [-0.25, -0.2) is 17.6 Å². The number of phenolic OH excluding ortho intramolecular Hbond substituents is 1. The molecule has 3 aliphatic rings. The van der Waals surface area contributed by atoms with Crippen LogP contribution in [0.2, 0.25) is 5.02 Å². The normalized spacial score (nSPS) is 24.0. The lowest BCUT2D eigenvalue weighted by Crippen LogP contribution is -2.43. The van der Waals surface area contributed by atoms with Gasteiger partial charge in [-0.3, -0.25) is 4.90 Å². The van der Waals surface area contributed by atoms with Crippen molar-refractivity contribution in [2.24, 2.45) is 0 Å².